The number of thiophene rings is 2. The fourth-order valence-electron chi connectivity index (χ4n) is 4.24. The topological polar surface area (TPSA) is 69.3 Å². The maximum atomic E-state index is 13.3. The highest BCUT2D eigenvalue weighted by molar-refractivity contribution is 7.19. The van der Waals surface area contributed by atoms with Crippen molar-refractivity contribution in [1.82, 2.24) is 18.9 Å². The molecule has 156 valence electrons. The molecule has 0 saturated heterocycles. The molecule has 0 amide bonds. The Hall–Kier alpha value is -2.62. The minimum Gasteiger partial charge on any atom is -0.293 e. The molecule has 1 aliphatic rings. The van der Waals surface area contributed by atoms with Crippen LogP contribution >= 0.6 is 34.0 Å². The van der Waals surface area contributed by atoms with E-state index in [1.54, 1.807) is 44.0 Å². The van der Waals surface area contributed by atoms with Gasteiger partial charge >= 0.3 is 0 Å². The van der Waals surface area contributed by atoms with Crippen LogP contribution in [0.3, 0.4) is 0 Å². The van der Waals surface area contributed by atoms with Crippen molar-refractivity contribution in [2.75, 3.05) is 0 Å². The van der Waals surface area contributed by atoms with Crippen LogP contribution in [0.4, 0.5) is 0 Å². The molecule has 0 bridgehead atoms. The van der Waals surface area contributed by atoms with E-state index in [9.17, 15) is 9.59 Å². The van der Waals surface area contributed by atoms with Crippen LogP contribution in [-0.2, 0) is 19.4 Å². The Labute approximate surface area is 189 Å². The number of nitrogens with zero attached hydrogens (tertiary/aromatic N) is 4. The van der Waals surface area contributed by atoms with Crippen LogP contribution in [0.25, 0.3) is 25.6 Å². The van der Waals surface area contributed by atoms with Gasteiger partial charge in [0.25, 0.3) is 11.1 Å². The van der Waals surface area contributed by atoms with Crippen molar-refractivity contribution in [3.63, 3.8) is 0 Å². The van der Waals surface area contributed by atoms with Gasteiger partial charge in [-0.25, -0.2) is 9.97 Å². The van der Waals surface area contributed by atoms with Crippen LogP contribution in [0.2, 0.25) is 0 Å². The number of hydrogen-bond acceptors (Lipinski definition) is 7. The van der Waals surface area contributed by atoms with Crippen LogP contribution in [0.5, 0.6) is 0 Å². The lowest BCUT2D eigenvalue weighted by atomic mass is 10.0. The number of aryl methyl sites for hydroxylation is 3. The highest BCUT2D eigenvalue weighted by atomic mass is 32.1. The van der Waals surface area contributed by atoms with E-state index in [0.717, 1.165) is 51.6 Å². The van der Waals surface area contributed by atoms with Crippen molar-refractivity contribution in [3.8, 4) is 10.4 Å². The number of rotatable bonds is 3. The van der Waals surface area contributed by atoms with Crippen molar-refractivity contribution in [3.05, 3.63) is 71.8 Å². The Morgan fingerprint density at radius 3 is 2.84 bits per heavy atom. The molecule has 9 heteroatoms. The Bertz CT molecular complexity index is 1580. The molecule has 6 rings (SSSR count). The first kappa shape index (κ1) is 19.1. The van der Waals surface area contributed by atoms with Crippen LogP contribution in [-0.4, -0.2) is 18.9 Å². The van der Waals surface area contributed by atoms with Gasteiger partial charge in [-0.05, 0) is 44.7 Å². The SMILES string of the molecule is Cc1ccc(-c2csc3ncn(Cc4cc(=O)n5c6c(sc5n4)CCCC6)c(=O)c23)s1. The Morgan fingerprint density at radius 2 is 2.00 bits per heavy atom. The van der Waals surface area contributed by atoms with Crippen molar-refractivity contribution in [2.45, 2.75) is 39.2 Å². The van der Waals surface area contributed by atoms with Crippen molar-refractivity contribution in [1.29, 1.82) is 0 Å². The van der Waals surface area contributed by atoms with Crippen LogP contribution < -0.4 is 11.1 Å². The molecule has 1 aliphatic carbocycles. The fraction of sp³-hybridized carbons (Fsp3) is 0.273. The van der Waals surface area contributed by atoms with Gasteiger partial charge in [-0.15, -0.1) is 34.0 Å². The van der Waals surface area contributed by atoms with Gasteiger partial charge in [0.2, 0.25) is 0 Å². The van der Waals surface area contributed by atoms with E-state index in [2.05, 4.69) is 18.0 Å². The quantitative estimate of drug-likeness (QED) is 0.393. The molecule has 5 heterocycles. The molecule has 5 aromatic heterocycles. The summed E-state index contributed by atoms with van der Waals surface area (Å²) in [5.41, 5.74) is 2.48. The summed E-state index contributed by atoms with van der Waals surface area (Å²) in [7, 11) is 0. The number of thiazole rings is 1. The third kappa shape index (κ3) is 3.10. The lowest BCUT2D eigenvalue weighted by molar-refractivity contribution is 0.668. The van der Waals surface area contributed by atoms with Crippen molar-refractivity contribution < 1.29 is 0 Å². The first-order valence-electron chi connectivity index (χ1n) is 10.1. The van der Waals surface area contributed by atoms with E-state index in [4.69, 9.17) is 4.98 Å². The third-order valence-electron chi connectivity index (χ3n) is 5.71. The minimum atomic E-state index is -0.0974. The molecular formula is C22H18N4O2S3. The molecule has 0 N–H and O–H groups in total. The number of aromatic nitrogens is 4. The normalized spacial score (nSPS) is 13.8. The largest absolute Gasteiger partial charge is 0.293 e. The van der Waals surface area contributed by atoms with Gasteiger partial charge in [-0.3, -0.25) is 18.6 Å². The highest BCUT2D eigenvalue weighted by Crippen LogP contribution is 2.35. The summed E-state index contributed by atoms with van der Waals surface area (Å²) in [5, 5.41) is 2.64. The summed E-state index contributed by atoms with van der Waals surface area (Å²) in [6.07, 6.45) is 5.78. The third-order valence-corrected chi connectivity index (χ3v) is 8.78. The monoisotopic (exact) mass is 466 g/mol. The van der Waals surface area contributed by atoms with E-state index in [1.807, 2.05) is 11.4 Å². The van der Waals surface area contributed by atoms with E-state index >= 15 is 0 Å². The average Bonchev–Trinajstić information content (AvgIpc) is 3.46. The zero-order chi connectivity index (χ0) is 21.1. The van der Waals surface area contributed by atoms with Crippen LogP contribution in [0.15, 0.2) is 39.5 Å². The van der Waals surface area contributed by atoms with E-state index in [0.29, 0.717) is 11.1 Å². The standard InChI is InChI=1S/C22H18N4O2S3/c1-12-6-7-16(30-12)14-10-29-20-19(14)21(28)25(11-23-20)9-13-8-18(27)26-15-4-2-3-5-17(15)31-22(26)24-13/h6-8,10-11H,2-5,9H2,1H3. The molecule has 0 atom stereocenters. The molecule has 6 nitrogen and oxygen atoms in total. The molecule has 0 radical (unpaired) electrons. The second-order valence-electron chi connectivity index (χ2n) is 7.80. The summed E-state index contributed by atoms with van der Waals surface area (Å²) in [4.78, 5) is 40.4. The fourth-order valence-corrected chi connectivity index (χ4v) is 7.33. The zero-order valence-electron chi connectivity index (χ0n) is 16.8. The van der Waals surface area contributed by atoms with Gasteiger partial charge in [-0.2, -0.15) is 0 Å². The van der Waals surface area contributed by atoms with Crippen molar-refractivity contribution >= 4 is 49.2 Å². The van der Waals surface area contributed by atoms with Gasteiger partial charge in [0.05, 0.1) is 24.0 Å². The summed E-state index contributed by atoms with van der Waals surface area (Å²) in [5.74, 6) is 0. The summed E-state index contributed by atoms with van der Waals surface area (Å²) in [6, 6.07) is 5.67. The Balaban J connectivity index is 1.45. The van der Waals surface area contributed by atoms with Gasteiger partial charge in [0.1, 0.15) is 4.83 Å². The van der Waals surface area contributed by atoms with Crippen LogP contribution in [0, 0.1) is 6.92 Å². The summed E-state index contributed by atoms with van der Waals surface area (Å²) < 4.78 is 3.31. The van der Waals surface area contributed by atoms with Crippen LogP contribution in [0.1, 0.15) is 34.0 Å². The molecule has 0 aliphatic heterocycles. The number of hydrogen-bond donors (Lipinski definition) is 0. The first-order chi connectivity index (χ1) is 15.1. The second-order valence-corrected chi connectivity index (χ2v) is 11.0. The molecule has 0 spiro atoms. The summed E-state index contributed by atoms with van der Waals surface area (Å²) >= 11 is 4.75. The predicted molar refractivity (Wildman–Crippen MR) is 127 cm³/mol. The molecule has 0 fully saturated rings. The molecular weight excluding hydrogens is 448 g/mol. The van der Waals surface area contributed by atoms with Gasteiger partial charge < -0.3 is 0 Å². The molecule has 0 saturated carbocycles. The Morgan fingerprint density at radius 1 is 1.13 bits per heavy atom. The van der Waals surface area contributed by atoms with Gasteiger partial charge in [-0.1, -0.05) is 0 Å². The molecule has 5 aromatic rings. The van der Waals surface area contributed by atoms with E-state index in [-0.39, 0.29) is 17.7 Å². The predicted octanol–water partition coefficient (Wildman–Crippen LogP) is 4.49. The van der Waals surface area contributed by atoms with Gasteiger partial charge in [0, 0.05) is 37.3 Å². The van der Waals surface area contributed by atoms with Crippen molar-refractivity contribution in [2.24, 2.45) is 0 Å². The lowest BCUT2D eigenvalue weighted by Gasteiger charge is -2.10. The average molecular weight is 467 g/mol. The zero-order valence-corrected chi connectivity index (χ0v) is 19.2. The highest BCUT2D eigenvalue weighted by Gasteiger charge is 2.19. The molecule has 0 unspecified atom stereocenters. The summed E-state index contributed by atoms with van der Waals surface area (Å²) in [6.45, 7) is 2.29. The second kappa shape index (κ2) is 7.22. The lowest BCUT2D eigenvalue weighted by Crippen LogP contribution is -2.23. The maximum absolute atomic E-state index is 13.3. The maximum Gasteiger partial charge on any atom is 0.263 e. The van der Waals surface area contributed by atoms with E-state index in [1.165, 1.54) is 21.1 Å². The minimum absolute atomic E-state index is 0.0632. The molecule has 31 heavy (non-hydrogen) atoms. The Kier molecular flexibility index (Phi) is 4.45. The first-order valence-corrected chi connectivity index (χ1v) is 12.7. The smallest absolute Gasteiger partial charge is 0.263 e. The molecule has 0 aromatic carbocycles. The van der Waals surface area contributed by atoms with E-state index < -0.39 is 0 Å². The number of fused-ring (bicyclic) bond motifs is 4. The van der Waals surface area contributed by atoms with Gasteiger partial charge in [0.15, 0.2) is 4.96 Å².